The number of thiophene rings is 1. The molecule has 0 aliphatic carbocycles. The molecule has 9 nitrogen and oxygen atoms in total. The summed E-state index contributed by atoms with van der Waals surface area (Å²) in [4.78, 5) is 17.1. The zero-order valence-corrected chi connectivity index (χ0v) is 25.0. The van der Waals surface area contributed by atoms with Gasteiger partial charge in [-0.2, -0.15) is 0 Å². The van der Waals surface area contributed by atoms with Gasteiger partial charge in [0.25, 0.3) is 0 Å². The van der Waals surface area contributed by atoms with Gasteiger partial charge in [-0.3, -0.25) is 9.69 Å². The Kier molecular flexibility index (Phi) is 9.29. The highest BCUT2D eigenvalue weighted by Gasteiger charge is 2.43. The number of aliphatic hydroxyl groups is 4. The van der Waals surface area contributed by atoms with Gasteiger partial charge in [0.15, 0.2) is 5.78 Å². The zero-order chi connectivity index (χ0) is 30.8. The maximum absolute atomic E-state index is 14.0. The molecule has 0 radical (unpaired) electrons. The van der Waals surface area contributed by atoms with E-state index >= 15 is 0 Å². The second-order valence-corrected chi connectivity index (χ2v) is 12.5. The monoisotopic (exact) mass is 619 g/mol. The van der Waals surface area contributed by atoms with Crippen LogP contribution >= 0.6 is 11.3 Å². The van der Waals surface area contributed by atoms with Gasteiger partial charge in [0.05, 0.1) is 6.61 Å². The van der Waals surface area contributed by atoms with Crippen molar-refractivity contribution < 1.29 is 39.8 Å². The first-order valence-electron chi connectivity index (χ1n) is 15.0. The topological polar surface area (TPSA) is 140 Å². The lowest BCUT2D eigenvalue weighted by molar-refractivity contribution is -0.231. The molecule has 0 unspecified atom stereocenters. The van der Waals surface area contributed by atoms with Crippen LogP contribution in [0.15, 0.2) is 66.7 Å². The number of fused-ring (bicyclic) bond motifs is 1. The molecule has 2 fully saturated rings. The number of phenols is 1. The molecule has 5 N–H and O–H groups in total. The van der Waals surface area contributed by atoms with E-state index in [1.807, 2.05) is 12.1 Å². The Hall–Kier alpha value is -3.35. The molecule has 1 aromatic heterocycles. The number of carbonyl (C=O) groups excluding carboxylic acids is 1. The number of ether oxygens (including phenoxy) is 2. The molecule has 3 aromatic carbocycles. The number of hydrogen-bond donors (Lipinski definition) is 5. The summed E-state index contributed by atoms with van der Waals surface area (Å²) in [6.45, 7) is 3.19. The van der Waals surface area contributed by atoms with E-state index < -0.39 is 37.1 Å². The summed E-state index contributed by atoms with van der Waals surface area (Å²) in [6.07, 6.45) is -2.51. The molecule has 2 aliphatic rings. The number of carbonyl (C=O) groups is 1. The number of likely N-dealkylation sites (tertiary alicyclic amines) is 1. The van der Waals surface area contributed by atoms with E-state index in [9.17, 15) is 30.3 Å². The molecule has 10 heteroatoms. The molecule has 0 spiro atoms. The summed E-state index contributed by atoms with van der Waals surface area (Å²) < 4.78 is 12.4. The summed E-state index contributed by atoms with van der Waals surface area (Å²) in [5, 5.41) is 51.3. The number of aromatic hydroxyl groups is 1. The predicted octanol–water partition coefficient (Wildman–Crippen LogP) is 3.88. The number of aliphatic hydroxyl groups excluding tert-OH is 4. The van der Waals surface area contributed by atoms with Crippen molar-refractivity contribution in [2.75, 3.05) is 32.8 Å². The largest absolute Gasteiger partial charge is 0.508 e. The van der Waals surface area contributed by atoms with Crippen molar-refractivity contribution in [2.45, 2.75) is 49.8 Å². The second-order valence-electron chi connectivity index (χ2n) is 11.5. The molecular formula is C34H37NO8S. The van der Waals surface area contributed by atoms with Crippen molar-refractivity contribution in [3.8, 4) is 21.9 Å². The number of phenolic OH excluding ortho intramolecular Hbond substituents is 1. The average molecular weight is 620 g/mol. The van der Waals surface area contributed by atoms with Gasteiger partial charge in [-0.1, -0.05) is 30.7 Å². The van der Waals surface area contributed by atoms with Gasteiger partial charge in [0.2, 0.25) is 0 Å². The van der Waals surface area contributed by atoms with Crippen LogP contribution in [0.25, 0.3) is 20.5 Å². The van der Waals surface area contributed by atoms with Crippen LogP contribution in [0.3, 0.4) is 0 Å². The Morgan fingerprint density at radius 2 is 1.64 bits per heavy atom. The summed E-state index contributed by atoms with van der Waals surface area (Å²) in [5.74, 6) is 0.658. The summed E-state index contributed by atoms with van der Waals surface area (Å²) in [7, 11) is 0. The average Bonchev–Trinajstić information content (AvgIpc) is 3.43. The Morgan fingerprint density at radius 1 is 0.909 bits per heavy atom. The molecule has 2 saturated heterocycles. The van der Waals surface area contributed by atoms with Crippen molar-refractivity contribution in [1.82, 2.24) is 4.90 Å². The summed E-state index contributed by atoms with van der Waals surface area (Å²) in [6, 6.07) is 19.2. The fourth-order valence-electron chi connectivity index (χ4n) is 6.04. The van der Waals surface area contributed by atoms with Crippen molar-refractivity contribution in [3.05, 3.63) is 83.4 Å². The minimum atomic E-state index is -1.48. The number of nitrogens with zero attached hydrogens (tertiary/aromatic N) is 1. The van der Waals surface area contributed by atoms with Crippen molar-refractivity contribution in [2.24, 2.45) is 0 Å². The fourth-order valence-corrected chi connectivity index (χ4v) is 7.28. The van der Waals surface area contributed by atoms with Crippen LogP contribution in [0, 0.1) is 0 Å². The number of piperidine rings is 1. The van der Waals surface area contributed by atoms with Crippen LogP contribution in [0.5, 0.6) is 11.5 Å². The molecule has 3 heterocycles. The number of benzene rings is 3. The van der Waals surface area contributed by atoms with E-state index in [1.54, 1.807) is 54.6 Å². The van der Waals surface area contributed by atoms with E-state index in [-0.39, 0.29) is 11.5 Å². The highest BCUT2D eigenvalue weighted by atomic mass is 32.1. The van der Waals surface area contributed by atoms with Crippen LogP contribution in [-0.4, -0.2) is 93.5 Å². The second kappa shape index (κ2) is 13.3. The maximum atomic E-state index is 14.0. The van der Waals surface area contributed by atoms with Gasteiger partial charge in [-0.15, -0.1) is 11.3 Å². The minimum absolute atomic E-state index is 0.105. The molecule has 5 atom stereocenters. The first kappa shape index (κ1) is 30.7. The van der Waals surface area contributed by atoms with Crippen LogP contribution in [0.1, 0.15) is 46.9 Å². The molecule has 0 amide bonds. The first-order valence-corrected chi connectivity index (χ1v) is 15.8. The third-order valence-electron chi connectivity index (χ3n) is 8.54. The lowest BCUT2D eigenvalue weighted by Gasteiger charge is -2.40. The van der Waals surface area contributed by atoms with E-state index in [1.165, 1.54) is 30.6 Å². The number of hydrogen-bond acceptors (Lipinski definition) is 10. The maximum Gasteiger partial charge on any atom is 0.195 e. The predicted molar refractivity (Wildman–Crippen MR) is 167 cm³/mol. The van der Waals surface area contributed by atoms with Crippen LogP contribution in [-0.2, 0) is 4.74 Å². The molecule has 2 aliphatic heterocycles. The standard InChI is InChI=1S/C34H37NO8S/c36-19-26-30(39)31(40)32(41)33(43-26)21-4-6-22(7-5-21)34-28(25-13-10-23(37)18-27(25)44-34)29(38)20-8-11-24(12-9-20)42-17-16-35-14-2-1-3-15-35/h4-13,18,26,30-33,36-37,39-41H,1-3,14-17,19H2/t26-,30-,31+,32-,33+/m1/s1. The van der Waals surface area contributed by atoms with Gasteiger partial charge in [-0.05, 0) is 79.5 Å². The van der Waals surface area contributed by atoms with Crippen LogP contribution in [0.2, 0.25) is 0 Å². The normalized spacial score (nSPS) is 24.4. The highest BCUT2D eigenvalue weighted by molar-refractivity contribution is 7.22. The smallest absolute Gasteiger partial charge is 0.195 e. The molecule has 232 valence electrons. The lowest BCUT2D eigenvalue weighted by atomic mass is 9.90. The lowest BCUT2D eigenvalue weighted by Crippen LogP contribution is -2.55. The third kappa shape index (κ3) is 6.25. The third-order valence-corrected chi connectivity index (χ3v) is 9.74. The van der Waals surface area contributed by atoms with Gasteiger partial charge >= 0.3 is 0 Å². The molecule has 0 bridgehead atoms. The summed E-state index contributed by atoms with van der Waals surface area (Å²) >= 11 is 1.39. The Bertz CT molecular complexity index is 1580. The van der Waals surface area contributed by atoms with Gasteiger partial charge in [0.1, 0.15) is 48.6 Å². The van der Waals surface area contributed by atoms with Crippen molar-refractivity contribution >= 4 is 27.2 Å². The highest BCUT2D eigenvalue weighted by Crippen LogP contribution is 2.42. The SMILES string of the molecule is O=C(c1ccc(OCCN2CCCCC2)cc1)c1c(-c2ccc([C@@H]3O[C@H](CO)[C@@H](O)[C@H](O)[C@H]3O)cc2)sc2cc(O)ccc12. The quantitative estimate of drug-likeness (QED) is 0.177. The molecule has 4 aromatic rings. The van der Waals surface area contributed by atoms with E-state index in [0.29, 0.717) is 29.0 Å². The van der Waals surface area contributed by atoms with Crippen molar-refractivity contribution in [1.29, 1.82) is 0 Å². The van der Waals surface area contributed by atoms with E-state index in [2.05, 4.69) is 4.90 Å². The molecular weight excluding hydrogens is 582 g/mol. The molecule has 0 saturated carbocycles. The van der Waals surface area contributed by atoms with Gasteiger partial charge < -0.3 is 35.0 Å². The Morgan fingerprint density at radius 3 is 2.34 bits per heavy atom. The van der Waals surface area contributed by atoms with Gasteiger partial charge in [-0.25, -0.2) is 0 Å². The van der Waals surface area contributed by atoms with Crippen molar-refractivity contribution in [3.63, 3.8) is 0 Å². The van der Waals surface area contributed by atoms with E-state index in [4.69, 9.17) is 9.47 Å². The zero-order valence-electron chi connectivity index (χ0n) is 24.2. The fraction of sp³-hybridized carbons (Fsp3) is 0.382. The Labute approximate surface area is 259 Å². The molecule has 44 heavy (non-hydrogen) atoms. The number of ketones is 1. The summed E-state index contributed by atoms with van der Waals surface area (Å²) in [5.41, 5.74) is 2.33. The molecule has 6 rings (SSSR count). The van der Waals surface area contributed by atoms with E-state index in [0.717, 1.165) is 40.2 Å². The first-order chi connectivity index (χ1) is 21.3. The van der Waals surface area contributed by atoms with Crippen LogP contribution in [0.4, 0.5) is 0 Å². The van der Waals surface area contributed by atoms with Crippen LogP contribution < -0.4 is 4.74 Å². The number of rotatable bonds is 9. The Balaban J connectivity index is 1.25. The minimum Gasteiger partial charge on any atom is -0.508 e. The van der Waals surface area contributed by atoms with Gasteiger partial charge in [0, 0.05) is 32.6 Å².